The first-order valence-corrected chi connectivity index (χ1v) is 11.3. The molecular formula is C26H24N6O. The largest absolute Gasteiger partial charge is 0.338 e. The Morgan fingerprint density at radius 1 is 1.09 bits per heavy atom. The van der Waals surface area contributed by atoms with E-state index < -0.39 is 0 Å². The molecule has 0 unspecified atom stereocenters. The summed E-state index contributed by atoms with van der Waals surface area (Å²) in [6.07, 6.45) is 3.98. The molecule has 7 heteroatoms. The van der Waals surface area contributed by atoms with E-state index in [1.54, 1.807) is 6.20 Å². The average Bonchev–Trinajstić information content (AvgIpc) is 3.43. The molecule has 3 aromatic heterocycles. The number of rotatable bonds is 5. The number of benzene rings is 2. The van der Waals surface area contributed by atoms with Crippen LogP contribution in [0.25, 0.3) is 33.5 Å². The summed E-state index contributed by atoms with van der Waals surface area (Å²) >= 11 is 0. The third-order valence-corrected chi connectivity index (χ3v) is 6.14. The predicted octanol–water partition coefficient (Wildman–Crippen LogP) is 5.69. The van der Waals surface area contributed by atoms with Gasteiger partial charge in [0.05, 0.1) is 33.9 Å². The Balaban J connectivity index is 1.41. The Morgan fingerprint density at radius 3 is 2.67 bits per heavy atom. The number of nitrogens with one attached hydrogen (secondary N) is 2. The van der Waals surface area contributed by atoms with Gasteiger partial charge in [0.1, 0.15) is 5.82 Å². The van der Waals surface area contributed by atoms with E-state index in [9.17, 15) is 4.79 Å². The summed E-state index contributed by atoms with van der Waals surface area (Å²) in [6.45, 7) is 4.14. The van der Waals surface area contributed by atoms with Crippen molar-refractivity contribution in [1.82, 2.24) is 24.7 Å². The van der Waals surface area contributed by atoms with Crippen molar-refractivity contribution in [3.63, 3.8) is 0 Å². The molecule has 0 aliphatic heterocycles. The molecule has 2 aromatic carbocycles. The Hall–Kier alpha value is -4.00. The van der Waals surface area contributed by atoms with Gasteiger partial charge in [-0.3, -0.25) is 4.79 Å². The van der Waals surface area contributed by atoms with Gasteiger partial charge in [-0.15, -0.1) is 0 Å². The van der Waals surface area contributed by atoms with Gasteiger partial charge in [0.15, 0.2) is 5.65 Å². The number of pyridine rings is 1. The SMILES string of the molecule is CC(C)n1ncc2c(C(=O)Nc3ccccc3-c3nc4ccccc4[nH]3)cc(C3CC3)nc21. The highest BCUT2D eigenvalue weighted by atomic mass is 16.1. The summed E-state index contributed by atoms with van der Waals surface area (Å²) in [5.74, 6) is 0.980. The average molecular weight is 437 g/mol. The molecule has 0 spiro atoms. The van der Waals surface area contributed by atoms with Crippen LogP contribution in [-0.4, -0.2) is 30.6 Å². The maximum atomic E-state index is 13.6. The lowest BCUT2D eigenvalue weighted by atomic mass is 10.1. The summed E-state index contributed by atoms with van der Waals surface area (Å²) in [6, 6.07) is 17.7. The molecule has 1 aliphatic carbocycles. The van der Waals surface area contributed by atoms with Crippen LogP contribution < -0.4 is 5.32 Å². The lowest BCUT2D eigenvalue weighted by Crippen LogP contribution is -2.14. The van der Waals surface area contributed by atoms with Crippen LogP contribution >= 0.6 is 0 Å². The summed E-state index contributed by atoms with van der Waals surface area (Å²) in [5.41, 5.74) is 5.74. The Bertz CT molecular complexity index is 1480. The van der Waals surface area contributed by atoms with E-state index in [0.29, 0.717) is 17.2 Å². The molecular weight excluding hydrogens is 412 g/mol. The highest BCUT2D eigenvalue weighted by Crippen LogP contribution is 2.40. The number of anilines is 1. The second kappa shape index (κ2) is 7.55. The minimum Gasteiger partial charge on any atom is -0.338 e. The zero-order valence-corrected chi connectivity index (χ0v) is 18.5. The zero-order valence-electron chi connectivity index (χ0n) is 18.5. The summed E-state index contributed by atoms with van der Waals surface area (Å²) in [4.78, 5) is 26.5. The van der Waals surface area contributed by atoms with Crippen LogP contribution in [0.15, 0.2) is 60.8 Å². The number of amides is 1. The molecule has 0 radical (unpaired) electrons. The number of para-hydroxylation sites is 3. The highest BCUT2D eigenvalue weighted by Gasteiger charge is 2.28. The van der Waals surface area contributed by atoms with E-state index in [0.717, 1.165) is 52.0 Å². The van der Waals surface area contributed by atoms with Crippen molar-refractivity contribution >= 4 is 33.7 Å². The number of hydrogen-bond donors (Lipinski definition) is 2. The van der Waals surface area contributed by atoms with Crippen LogP contribution in [0, 0.1) is 0 Å². The van der Waals surface area contributed by atoms with Gasteiger partial charge < -0.3 is 10.3 Å². The van der Waals surface area contributed by atoms with Crippen molar-refractivity contribution in [2.24, 2.45) is 0 Å². The third kappa shape index (κ3) is 3.46. The van der Waals surface area contributed by atoms with Crippen molar-refractivity contribution in [2.45, 2.75) is 38.6 Å². The number of fused-ring (bicyclic) bond motifs is 2. The minimum atomic E-state index is -0.170. The van der Waals surface area contributed by atoms with E-state index in [4.69, 9.17) is 9.97 Å². The van der Waals surface area contributed by atoms with Crippen molar-refractivity contribution in [2.75, 3.05) is 5.32 Å². The summed E-state index contributed by atoms with van der Waals surface area (Å²) in [7, 11) is 0. The van der Waals surface area contributed by atoms with Crippen LogP contribution in [0.5, 0.6) is 0 Å². The number of hydrogen-bond acceptors (Lipinski definition) is 4. The number of carbonyl (C=O) groups excluding carboxylic acids is 1. The van der Waals surface area contributed by atoms with Gasteiger partial charge in [-0.2, -0.15) is 5.10 Å². The molecule has 6 rings (SSSR count). The van der Waals surface area contributed by atoms with E-state index in [2.05, 4.69) is 29.2 Å². The number of carbonyl (C=O) groups is 1. The maximum absolute atomic E-state index is 13.6. The van der Waals surface area contributed by atoms with Gasteiger partial charge in [-0.1, -0.05) is 24.3 Å². The predicted molar refractivity (Wildman–Crippen MR) is 129 cm³/mol. The van der Waals surface area contributed by atoms with Crippen molar-refractivity contribution in [3.8, 4) is 11.4 Å². The Morgan fingerprint density at radius 2 is 1.88 bits per heavy atom. The first-order chi connectivity index (χ1) is 16.1. The van der Waals surface area contributed by atoms with Gasteiger partial charge in [0, 0.05) is 23.2 Å². The normalized spacial score (nSPS) is 13.8. The van der Waals surface area contributed by atoms with Gasteiger partial charge in [0.2, 0.25) is 0 Å². The monoisotopic (exact) mass is 436 g/mol. The first kappa shape index (κ1) is 19.7. The quantitative estimate of drug-likeness (QED) is 0.371. The van der Waals surface area contributed by atoms with Crippen LogP contribution in [0.3, 0.4) is 0 Å². The second-order valence-corrected chi connectivity index (χ2v) is 8.89. The Kier molecular flexibility index (Phi) is 4.50. The minimum absolute atomic E-state index is 0.161. The molecule has 1 aliphatic rings. The van der Waals surface area contributed by atoms with Gasteiger partial charge >= 0.3 is 0 Å². The fourth-order valence-electron chi connectivity index (χ4n) is 4.26. The van der Waals surface area contributed by atoms with E-state index >= 15 is 0 Å². The topological polar surface area (TPSA) is 88.5 Å². The van der Waals surface area contributed by atoms with Crippen LogP contribution in [0.2, 0.25) is 0 Å². The van der Waals surface area contributed by atoms with E-state index in [-0.39, 0.29) is 11.9 Å². The second-order valence-electron chi connectivity index (χ2n) is 8.89. The molecule has 1 fully saturated rings. The zero-order chi connectivity index (χ0) is 22.5. The number of imidazole rings is 1. The fourth-order valence-corrected chi connectivity index (χ4v) is 4.26. The lowest BCUT2D eigenvalue weighted by molar-refractivity contribution is 0.102. The smallest absolute Gasteiger partial charge is 0.256 e. The molecule has 33 heavy (non-hydrogen) atoms. The van der Waals surface area contributed by atoms with Crippen molar-refractivity contribution in [1.29, 1.82) is 0 Å². The molecule has 0 bridgehead atoms. The summed E-state index contributed by atoms with van der Waals surface area (Å²) in [5, 5.41) is 8.41. The fraction of sp³-hybridized carbons (Fsp3) is 0.231. The van der Waals surface area contributed by atoms with Gasteiger partial charge in [0.25, 0.3) is 5.91 Å². The maximum Gasteiger partial charge on any atom is 0.256 e. The summed E-state index contributed by atoms with van der Waals surface area (Å²) < 4.78 is 1.89. The van der Waals surface area contributed by atoms with Crippen LogP contribution in [0.1, 0.15) is 54.7 Å². The molecule has 2 N–H and O–H groups in total. The van der Waals surface area contributed by atoms with Crippen molar-refractivity contribution in [3.05, 3.63) is 72.1 Å². The van der Waals surface area contributed by atoms with Gasteiger partial charge in [-0.25, -0.2) is 14.6 Å². The first-order valence-electron chi connectivity index (χ1n) is 11.3. The number of nitrogens with zero attached hydrogens (tertiary/aromatic N) is 4. The molecule has 0 atom stereocenters. The standard InChI is InChI=1S/C26H24N6O/c1-15(2)32-25-19(14-27-32)18(13-23(30-25)16-11-12-16)26(33)31-20-8-4-3-7-17(20)24-28-21-9-5-6-10-22(21)29-24/h3-10,13-16H,11-12H2,1-2H3,(H,28,29)(H,31,33). The third-order valence-electron chi connectivity index (χ3n) is 6.14. The molecule has 3 heterocycles. The highest BCUT2D eigenvalue weighted by molar-refractivity contribution is 6.13. The molecule has 0 saturated heterocycles. The molecule has 1 amide bonds. The number of aromatic amines is 1. The molecule has 5 aromatic rings. The van der Waals surface area contributed by atoms with Crippen molar-refractivity contribution < 1.29 is 4.79 Å². The molecule has 7 nitrogen and oxygen atoms in total. The van der Waals surface area contributed by atoms with Crippen LogP contribution in [-0.2, 0) is 0 Å². The number of H-pyrrole nitrogens is 1. The van der Waals surface area contributed by atoms with E-state index in [1.807, 2.05) is 59.3 Å². The van der Waals surface area contributed by atoms with Crippen LogP contribution in [0.4, 0.5) is 5.69 Å². The van der Waals surface area contributed by atoms with Gasteiger partial charge in [-0.05, 0) is 57.0 Å². The van der Waals surface area contributed by atoms with E-state index in [1.165, 1.54) is 0 Å². The lowest BCUT2D eigenvalue weighted by Gasteiger charge is -2.12. The molecule has 164 valence electrons. The molecule has 1 saturated carbocycles. The Labute approximate surface area is 190 Å². The number of aromatic nitrogens is 5.